The fraction of sp³-hybridized carbons (Fsp3) is 0.452. The second-order valence-corrected chi connectivity index (χ2v) is 10.5. The van der Waals surface area contributed by atoms with Crippen LogP contribution in [0, 0.1) is 0 Å². The van der Waals surface area contributed by atoms with Gasteiger partial charge in [0.2, 0.25) is 5.91 Å². The molecule has 2 aromatic carbocycles. The number of carbonyl (C=O) groups excluding carboxylic acids is 2. The number of methoxy groups -OCH3 is 1. The SMILES string of the molecule is COCCn1ccnc1CN1CCCCOc2cccc(c2)[C@H]2CN(C(=O)COc3ccccc3)C[C@@H]2NC(=O)C1. The number of nitrogens with one attached hydrogen (secondary N) is 1. The van der Waals surface area contributed by atoms with Gasteiger partial charge in [0, 0.05) is 45.1 Å². The number of aromatic nitrogens is 2. The van der Waals surface area contributed by atoms with Crippen LogP contribution in [0.4, 0.5) is 0 Å². The van der Waals surface area contributed by atoms with Crippen molar-refractivity contribution in [3.05, 3.63) is 78.4 Å². The topological polar surface area (TPSA) is 98.2 Å². The smallest absolute Gasteiger partial charge is 0.260 e. The summed E-state index contributed by atoms with van der Waals surface area (Å²) in [6.45, 7) is 4.29. The summed E-state index contributed by atoms with van der Waals surface area (Å²) in [5.41, 5.74) is 1.04. The molecule has 1 aromatic heterocycles. The molecule has 2 bridgehead atoms. The molecular formula is C31H39N5O5. The summed E-state index contributed by atoms with van der Waals surface area (Å²) in [6, 6.07) is 17.1. The molecule has 0 unspecified atom stereocenters. The van der Waals surface area contributed by atoms with Gasteiger partial charge in [-0.2, -0.15) is 0 Å². The molecule has 3 aromatic rings. The number of ether oxygens (including phenoxy) is 3. The molecule has 1 fully saturated rings. The van der Waals surface area contributed by atoms with Gasteiger partial charge in [-0.1, -0.05) is 30.3 Å². The minimum absolute atomic E-state index is 0.0515. The van der Waals surface area contributed by atoms with Gasteiger partial charge < -0.3 is 29.0 Å². The number of rotatable bonds is 8. The highest BCUT2D eigenvalue weighted by Crippen LogP contribution is 2.30. The predicted octanol–water partition coefficient (Wildman–Crippen LogP) is 2.69. The van der Waals surface area contributed by atoms with Crippen molar-refractivity contribution < 1.29 is 23.8 Å². The van der Waals surface area contributed by atoms with Gasteiger partial charge in [0.25, 0.3) is 5.91 Å². The van der Waals surface area contributed by atoms with Crippen LogP contribution in [0.1, 0.15) is 30.1 Å². The third-order valence-corrected chi connectivity index (χ3v) is 7.62. The van der Waals surface area contributed by atoms with E-state index in [1.54, 1.807) is 18.2 Å². The van der Waals surface area contributed by atoms with Crippen LogP contribution in [0.2, 0.25) is 0 Å². The maximum atomic E-state index is 13.5. The van der Waals surface area contributed by atoms with Crippen molar-refractivity contribution in [3.63, 3.8) is 0 Å². The van der Waals surface area contributed by atoms with E-state index in [0.717, 1.165) is 36.5 Å². The summed E-state index contributed by atoms with van der Waals surface area (Å²) in [7, 11) is 1.68. The van der Waals surface area contributed by atoms with Gasteiger partial charge in [0.15, 0.2) is 6.61 Å². The van der Waals surface area contributed by atoms with E-state index in [1.165, 1.54) is 0 Å². The van der Waals surface area contributed by atoms with Gasteiger partial charge in [-0.15, -0.1) is 0 Å². The molecule has 5 rings (SSSR count). The molecule has 2 atom stereocenters. The predicted molar refractivity (Wildman–Crippen MR) is 154 cm³/mol. The highest BCUT2D eigenvalue weighted by Gasteiger charge is 2.37. The molecule has 2 aliphatic rings. The largest absolute Gasteiger partial charge is 0.494 e. The molecule has 0 aliphatic carbocycles. The molecule has 0 saturated carbocycles. The van der Waals surface area contributed by atoms with Gasteiger partial charge in [0.1, 0.15) is 17.3 Å². The Morgan fingerprint density at radius 2 is 2.00 bits per heavy atom. The van der Waals surface area contributed by atoms with Crippen LogP contribution in [0.5, 0.6) is 11.5 Å². The normalized spacial score (nSPS) is 20.0. The Kier molecular flexibility index (Phi) is 9.87. The maximum Gasteiger partial charge on any atom is 0.260 e. The van der Waals surface area contributed by atoms with Gasteiger partial charge in [0.05, 0.1) is 32.3 Å². The van der Waals surface area contributed by atoms with Gasteiger partial charge >= 0.3 is 0 Å². The van der Waals surface area contributed by atoms with E-state index in [2.05, 4.69) is 19.8 Å². The summed E-state index contributed by atoms with van der Waals surface area (Å²) in [5.74, 6) is 2.13. The van der Waals surface area contributed by atoms with Crippen LogP contribution < -0.4 is 14.8 Å². The molecule has 0 radical (unpaired) electrons. The van der Waals surface area contributed by atoms with E-state index < -0.39 is 0 Å². The zero-order valence-electron chi connectivity index (χ0n) is 23.6. The molecule has 0 spiro atoms. The minimum Gasteiger partial charge on any atom is -0.494 e. The van der Waals surface area contributed by atoms with Crippen molar-refractivity contribution in [2.75, 3.05) is 53.1 Å². The van der Waals surface area contributed by atoms with Crippen LogP contribution in [0.15, 0.2) is 67.0 Å². The molecule has 2 amide bonds. The Morgan fingerprint density at radius 1 is 1.12 bits per heavy atom. The molecule has 10 nitrogen and oxygen atoms in total. The molecule has 218 valence electrons. The average Bonchev–Trinajstić information content (AvgIpc) is 3.61. The Labute approximate surface area is 241 Å². The number of hydrogen-bond acceptors (Lipinski definition) is 7. The second-order valence-electron chi connectivity index (χ2n) is 10.5. The van der Waals surface area contributed by atoms with E-state index in [1.807, 2.05) is 60.8 Å². The van der Waals surface area contributed by atoms with Crippen molar-refractivity contribution in [3.8, 4) is 11.5 Å². The summed E-state index contributed by atoms with van der Waals surface area (Å²) < 4.78 is 19.1. The first-order chi connectivity index (χ1) is 20.1. The van der Waals surface area contributed by atoms with Crippen molar-refractivity contribution in [1.29, 1.82) is 0 Å². The Balaban J connectivity index is 1.30. The summed E-state index contributed by atoms with van der Waals surface area (Å²) >= 11 is 0. The van der Waals surface area contributed by atoms with E-state index in [0.29, 0.717) is 45.1 Å². The van der Waals surface area contributed by atoms with Gasteiger partial charge in [-0.25, -0.2) is 4.98 Å². The highest BCUT2D eigenvalue weighted by atomic mass is 16.5. The summed E-state index contributed by atoms with van der Waals surface area (Å²) in [5, 5.41) is 3.26. The van der Waals surface area contributed by atoms with Crippen molar-refractivity contribution in [2.24, 2.45) is 0 Å². The number of fused-ring (bicyclic) bond motifs is 4. The minimum atomic E-state index is -0.230. The van der Waals surface area contributed by atoms with Crippen LogP contribution in [0.25, 0.3) is 0 Å². The third kappa shape index (κ3) is 7.86. The van der Waals surface area contributed by atoms with Crippen LogP contribution in [0.3, 0.4) is 0 Å². The molecule has 1 N–H and O–H groups in total. The summed E-state index contributed by atoms with van der Waals surface area (Å²) in [6.07, 6.45) is 5.49. The molecule has 10 heteroatoms. The zero-order valence-corrected chi connectivity index (χ0v) is 23.6. The van der Waals surface area contributed by atoms with Crippen molar-refractivity contribution in [2.45, 2.75) is 37.9 Å². The Bertz CT molecular complexity index is 1280. The maximum absolute atomic E-state index is 13.5. The number of likely N-dealkylation sites (tertiary alicyclic amines) is 1. The first kappa shape index (κ1) is 28.6. The van der Waals surface area contributed by atoms with E-state index >= 15 is 0 Å². The molecule has 3 heterocycles. The summed E-state index contributed by atoms with van der Waals surface area (Å²) in [4.78, 5) is 35.1. The fourth-order valence-corrected chi connectivity index (χ4v) is 5.46. The fourth-order valence-electron chi connectivity index (χ4n) is 5.46. The lowest BCUT2D eigenvalue weighted by molar-refractivity contribution is -0.132. The van der Waals surface area contributed by atoms with Gasteiger partial charge in [-0.3, -0.25) is 14.5 Å². The monoisotopic (exact) mass is 561 g/mol. The lowest BCUT2D eigenvalue weighted by Gasteiger charge is -2.25. The van der Waals surface area contributed by atoms with Crippen LogP contribution in [-0.4, -0.2) is 90.3 Å². The Morgan fingerprint density at radius 3 is 2.85 bits per heavy atom. The first-order valence-corrected chi connectivity index (χ1v) is 14.3. The number of para-hydroxylation sites is 1. The zero-order chi connectivity index (χ0) is 28.4. The quantitative estimate of drug-likeness (QED) is 0.452. The lowest BCUT2D eigenvalue weighted by Crippen LogP contribution is -2.45. The van der Waals surface area contributed by atoms with Crippen molar-refractivity contribution >= 4 is 11.8 Å². The van der Waals surface area contributed by atoms with E-state index in [9.17, 15) is 9.59 Å². The molecular weight excluding hydrogens is 522 g/mol. The number of benzene rings is 2. The molecule has 1 saturated heterocycles. The average molecular weight is 562 g/mol. The Hall–Kier alpha value is -3.89. The van der Waals surface area contributed by atoms with Crippen LogP contribution in [-0.2, 0) is 27.4 Å². The highest BCUT2D eigenvalue weighted by molar-refractivity contribution is 5.80. The number of amides is 2. The second kappa shape index (κ2) is 14.1. The number of hydrogen-bond donors (Lipinski definition) is 1. The first-order valence-electron chi connectivity index (χ1n) is 14.3. The van der Waals surface area contributed by atoms with Crippen LogP contribution >= 0.6 is 0 Å². The molecule has 41 heavy (non-hydrogen) atoms. The number of imidazole rings is 1. The van der Waals surface area contributed by atoms with Gasteiger partial charge in [-0.05, 0) is 49.2 Å². The third-order valence-electron chi connectivity index (χ3n) is 7.62. The number of carbonyl (C=O) groups is 2. The standard InChI is InChI=1S/C31H39N5O5/c1-39-17-15-35-14-12-32-29(35)21-34-13-5-6-16-40-26-11-7-8-24(18-26)27-19-36(20-28(27)33-30(37)22-34)31(38)23-41-25-9-3-2-4-10-25/h2-4,7-12,14,18,27-28H,5-6,13,15-17,19-23H2,1H3,(H,33,37)/t27-,28+/m1/s1. The number of nitrogens with zero attached hydrogens (tertiary/aromatic N) is 4. The van der Waals surface area contributed by atoms with E-state index in [4.69, 9.17) is 14.2 Å². The van der Waals surface area contributed by atoms with Crippen molar-refractivity contribution in [1.82, 2.24) is 24.7 Å². The lowest BCUT2D eigenvalue weighted by atomic mass is 9.94. The molecule has 2 aliphatic heterocycles. The van der Waals surface area contributed by atoms with E-state index in [-0.39, 0.29) is 36.9 Å².